The quantitative estimate of drug-likeness (QED) is 0.510. The minimum atomic E-state index is 0.541. The molecule has 14 heavy (non-hydrogen) atoms. The third-order valence-corrected chi connectivity index (χ3v) is 3.15. The standard InChI is InChI=1S/C8H10BrN3S2/c1-2-10-8(13)12-11-4-7-3-6(9)5-14-7/h3-5H,2H2,1H3,(H2,10,12,13). The van der Waals surface area contributed by atoms with E-state index in [9.17, 15) is 0 Å². The zero-order valence-corrected chi connectivity index (χ0v) is 10.8. The summed E-state index contributed by atoms with van der Waals surface area (Å²) in [4.78, 5) is 1.07. The Hall–Kier alpha value is -0.460. The number of hydrazone groups is 1. The van der Waals surface area contributed by atoms with Gasteiger partial charge in [0.25, 0.3) is 0 Å². The summed E-state index contributed by atoms with van der Waals surface area (Å²) < 4.78 is 1.07. The van der Waals surface area contributed by atoms with Crippen molar-refractivity contribution in [2.45, 2.75) is 6.92 Å². The van der Waals surface area contributed by atoms with Crippen LogP contribution in [0, 0.1) is 0 Å². The molecular formula is C8H10BrN3S2. The van der Waals surface area contributed by atoms with Crippen molar-refractivity contribution in [3.05, 3.63) is 20.8 Å². The van der Waals surface area contributed by atoms with E-state index >= 15 is 0 Å². The van der Waals surface area contributed by atoms with Crippen molar-refractivity contribution in [2.24, 2.45) is 5.10 Å². The van der Waals surface area contributed by atoms with Crippen molar-refractivity contribution in [3.8, 4) is 0 Å². The van der Waals surface area contributed by atoms with Crippen LogP contribution in [-0.4, -0.2) is 17.9 Å². The Balaban J connectivity index is 2.37. The van der Waals surface area contributed by atoms with Crippen molar-refractivity contribution >= 4 is 50.8 Å². The van der Waals surface area contributed by atoms with Crippen LogP contribution in [0.15, 0.2) is 21.0 Å². The maximum absolute atomic E-state index is 4.93. The van der Waals surface area contributed by atoms with Gasteiger partial charge in [0.05, 0.1) is 6.21 Å². The minimum absolute atomic E-state index is 0.541. The van der Waals surface area contributed by atoms with Gasteiger partial charge in [0.1, 0.15) is 0 Å². The summed E-state index contributed by atoms with van der Waals surface area (Å²) >= 11 is 9.91. The van der Waals surface area contributed by atoms with Crippen LogP contribution in [0.25, 0.3) is 0 Å². The van der Waals surface area contributed by atoms with Crippen LogP contribution in [-0.2, 0) is 0 Å². The van der Waals surface area contributed by atoms with Gasteiger partial charge in [0.15, 0.2) is 5.11 Å². The highest BCUT2D eigenvalue weighted by molar-refractivity contribution is 9.10. The molecular weight excluding hydrogens is 282 g/mol. The van der Waals surface area contributed by atoms with Gasteiger partial charge in [0, 0.05) is 21.3 Å². The molecule has 0 aliphatic rings. The van der Waals surface area contributed by atoms with Gasteiger partial charge in [-0.05, 0) is 41.1 Å². The first-order valence-electron chi connectivity index (χ1n) is 4.03. The number of hydrogen-bond donors (Lipinski definition) is 2. The second-order valence-electron chi connectivity index (χ2n) is 2.40. The Morgan fingerprint density at radius 3 is 3.14 bits per heavy atom. The first-order valence-corrected chi connectivity index (χ1v) is 6.11. The molecule has 0 unspecified atom stereocenters. The molecule has 76 valence electrons. The fraction of sp³-hybridized carbons (Fsp3) is 0.250. The first kappa shape index (κ1) is 11.6. The average molecular weight is 292 g/mol. The van der Waals surface area contributed by atoms with Crippen molar-refractivity contribution < 1.29 is 0 Å². The number of nitrogens with one attached hydrogen (secondary N) is 2. The van der Waals surface area contributed by atoms with E-state index in [1.807, 2.05) is 18.4 Å². The molecule has 1 rings (SSSR count). The van der Waals surface area contributed by atoms with Gasteiger partial charge in [-0.2, -0.15) is 5.10 Å². The van der Waals surface area contributed by atoms with E-state index in [1.54, 1.807) is 17.6 Å². The van der Waals surface area contributed by atoms with Crippen LogP contribution in [0.5, 0.6) is 0 Å². The summed E-state index contributed by atoms with van der Waals surface area (Å²) in [6, 6.07) is 1.99. The largest absolute Gasteiger partial charge is 0.362 e. The van der Waals surface area contributed by atoms with Gasteiger partial charge in [-0.15, -0.1) is 11.3 Å². The SMILES string of the molecule is CCNC(=S)NN=Cc1cc(Br)cs1. The molecule has 3 nitrogen and oxygen atoms in total. The summed E-state index contributed by atoms with van der Waals surface area (Å²) in [5.41, 5.74) is 2.72. The molecule has 6 heteroatoms. The smallest absolute Gasteiger partial charge is 0.186 e. The Labute approximate surface area is 101 Å². The molecule has 0 amide bonds. The van der Waals surface area contributed by atoms with Gasteiger partial charge >= 0.3 is 0 Å². The number of nitrogens with zero attached hydrogens (tertiary/aromatic N) is 1. The Bertz CT molecular complexity index is 335. The van der Waals surface area contributed by atoms with E-state index in [-0.39, 0.29) is 0 Å². The number of halogens is 1. The number of rotatable bonds is 3. The van der Waals surface area contributed by atoms with Gasteiger partial charge in [-0.3, -0.25) is 5.43 Å². The average Bonchev–Trinajstić information content (AvgIpc) is 2.52. The zero-order chi connectivity index (χ0) is 10.4. The molecule has 1 aromatic heterocycles. The van der Waals surface area contributed by atoms with Crippen molar-refractivity contribution in [1.82, 2.24) is 10.7 Å². The lowest BCUT2D eigenvalue weighted by molar-refractivity contribution is 0.904. The Morgan fingerprint density at radius 1 is 1.79 bits per heavy atom. The summed E-state index contributed by atoms with van der Waals surface area (Å²) in [5.74, 6) is 0. The van der Waals surface area contributed by atoms with Crippen molar-refractivity contribution in [1.29, 1.82) is 0 Å². The highest BCUT2D eigenvalue weighted by Crippen LogP contribution is 2.17. The van der Waals surface area contributed by atoms with Crippen molar-refractivity contribution in [2.75, 3.05) is 6.54 Å². The fourth-order valence-electron chi connectivity index (χ4n) is 0.751. The zero-order valence-electron chi connectivity index (χ0n) is 7.58. The normalized spacial score (nSPS) is 10.4. The van der Waals surface area contributed by atoms with Crippen LogP contribution >= 0.6 is 39.5 Å². The lowest BCUT2D eigenvalue weighted by Crippen LogP contribution is -2.31. The fourth-order valence-corrected chi connectivity index (χ4v) is 2.25. The molecule has 1 heterocycles. The maximum atomic E-state index is 4.93. The molecule has 0 atom stereocenters. The van der Waals surface area contributed by atoms with Crippen LogP contribution in [0.4, 0.5) is 0 Å². The maximum Gasteiger partial charge on any atom is 0.186 e. The van der Waals surface area contributed by atoms with E-state index in [2.05, 4.69) is 31.8 Å². The Kier molecular flexibility index (Phi) is 5.06. The lowest BCUT2D eigenvalue weighted by Gasteiger charge is -2.01. The summed E-state index contributed by atoms with van der Waals surface area (Å²) in [6.45, 7) is 2.78. The molecule has 0 saturated carbocycles. The van der Waals surface area contributed by atoms with E-state index in [0.29, 0.717) is 5.11 Å². The molecule has 0 spiro atoms. The molecule has 0 aliphatic carbocycles. The highest BCUT2D eigenvalue weighted by atomic mass is 79.9. The molecule has 2 N–H and O–H groups in total. The van der Waals surface area contributed by atoms with Crippen LogP contribution in [0.3, 0.4) is 0 Å². The third kappa shape index (κ3) is 4.17. The van der Waals surface area contributed by atoms with Crippen LogP contribution in [0.2, 0.25) is 0 Å². The topological polar surface area (TPSA) is 36.4 Å². The summed E-state index contributed by atoms with van der Waals surface area (Å²) in [6.07, 6.45) is 1.74. The van der Waals surface area contributed by atoms with E-state index in [1.165, 1.54) is 0 Å². The molecule has 0 saturated heterocycles. The summed E-state index contributed by atoms with van der Waals surface area (Å²) in [5, 5.41) is 9.47. The predicted octanol–water partition coefficient (Wildman–Crippen LogP) is 2.33. The molecule has 0 aliphatic heterocycles. The van der Waals surface area contributed by atoms with Crippen molar-refractivity contribution in [3.63, 3.8) is 0 Å². The van der Waals surface area contributed by atoms with Crippen LogP contribution in [0.1, 0.15) is 11.8 Å². The second kappa shape index (κ2) is 6.10. The minimum Gasteiger partial charge on any atom is -0.362 e. The number of thiophene rings is 1. The second-order valence-corrected chi connectivity index (χ2v) is 4.66. The molecule has 0 radical (unpaired) electrons. The van der Waals surface area contributed by atoms with E-state index in [4.69, 9.17) is 12.2 Å². The Morgan fingerprint density at radius 2 is 2.57 bits per heavy atom. The number of hydrogen-bond acceptors (Lipinski definition) is 3. The number of thiocarbonyl (C=S) groups is 1. The molecule has 1 aromatic rings. The van der Waals surface area contributed by atoms with Gasteiger partial charge in [-0.25, -0.2) is 0 Å². The first-order chi connectivity index (χ1) is 6.72. The van der Waals surface area contributed by atoms with Gasteiger partial charge < -0.3 is 5.32 Å². The predicted molar refractivity (Wildman–Crippen MR) is 69.0 cm³/mol. The lowest BCUT2D eigenvalue weighted by atomic mass is 10.5. The van der Waals surface area contributed by atoms with Crippen LogP contribution < -0.4 is 10.7 Å². The van der Waals surface area contributed by atoms with E-state index in [0.717, 1.165) is 15.9 Å². The third-order valence-electron chi connectivity index (χ3n) is 1.28. The highest BCUT2D eigenvalue weighted by Gasteiger charge is 1.93. The summed E-state index contributed by atoms with van der Waals surface area (Å²) in [7, 11) is 0. The monoisotopic (exact) mass is 291 g/mol. The molecule has 0 fully saturated rings. The van der Waals surface area contributed by atoms with Gasteiger partial charge in [-0.1, -0.05) is 0 Å². The molecule has 0 aromatic carbocycles. The van der Waals surface area contributed by atoms with Gasteiger partial charge in [0.2, 0.25) is 0 Å². The van der Waals surface area contributed by atoms with E-state index < -0.39 is 0 Å². The molecule has 0 bridgehead atoms.